The summed E-state index contributed by atoms with van der Waals surface area (Å²) in [5.41, 5.74) is 0.821. The molecule has 1 aromatic heterocycles. The Bertz CT molecular complexity index is 527. The summed E-state index contributed by atoms with van der Waals surface area (Å²) in [6.07, 6.45) is 0.0449. The van der Waals surface area contributed by atoms with Crippen LogP contribution in [0.2, 0.25) is 5.02 Å². The molecule has 17 heavy (non-hydrogen) atoms. The highest BCUT2D eigenvalue weighted by Crippen LogP contribution is 2.31. The quantitative estimate of drug-likeness (QED) is 0.756. The van der Waals surface area contributed by atoms with Crippen LogP contribution in [0.25, 0.3) is 0 Å². The molecule has 1 unspecified atom stereocenters. The van der Waals surface area contributed by atoms with Crippen molar-refractivity contribution in [1.82, 2.24) is 0 Å². The van der Waals surface area contributed by atoms with Gasteiger partial charge in [-0.05, 0) is 51.8 Å². The third kappa shape index (κ3) is 3.55. The normalized spacial score (nSPS) is 12.7. The number of thiophene rings is 1. The standard InChI is InChI=1S/C12H9Br2ClOS/c13-10-3-1-7(15)5-9(10)11(16)6-8-2-4-12(14)17-8/h1-5,11,16H,6H2. The third-order valence-corrected chi connectivity index (χ3v) is 4.94. The fourth-order valence-electron chi connectivity index (χ4n) is 1.53. The van der Waals surface area contributed by atoms with Gasteiger partial charge in [0, 0.05) is 20.8 Å². The van der Waals surface area contributed by atoms with E-state index in [0.29, 0.717) is 11.4 Å². The monoisotopic (exact) mass is 394 g/mol. The summed E-state index contributed by atoms with van der Waals surface area (Å²) < 4.78 is 1.95. The Morgan fingerprint density at radius 3 is 2.65 bits per heavy atom. The van der Waals surface area contributed by atoms with Crippen LogP contribution in [0.15, 0.2) is 38.6 Å². The largest absolute Gasteiger partial charge is 0.388 e. The predicted octanol–water partition coefficient (Wildman–Crippen LogP) is 5.20. The highest BCUT2D eigenvalue weighted by molar-refractivity contribution is 9.11. The molecule has 0 aliphatic carbocycles. The van der Waals surface area contributed by atoms with Crippen LogP contribution in [-0.4, -0.2) is 5.11 Å². The van der Waals surface area contributed by atoms with Gasteiger partial charge in [0.05, 0.1) is 9.89 Å². The van der Waals surface area contributed by atoms with E-state index in [9.17, 15) is 5.11 Å². The smallest absolute Gasteiger partial charge is 0.0849 e. The summed E-state index contributed by atoms with van der Waals surface area (Å²) in [7, 11) is 0. The van der Waals surface area contributed by atoms with Gasteiger partial charge in [-0.3, -0.25) is 0 Å². The average molecular weight is 397 g/mol. The summed E-state index contributed by atoms with van der Waals surface area (Å²) >= 11 is 14.4. The Morgan fingerprint density at radius 2 is 2.00 bits per heavy atom. The van der Waals surface area contributed by atoms with Gasteiger partial charge >= 0.3 is 0 Å². The second kappa shape index (κ2) is 5.85. The zero-order chi connectivity index (χ0) is 12.4. The first-order valence-electron chi connectivity index (χ1n) is 4.93. The molecule has 1 N–H and O–H groups in total. The van der Waals surface area contributed by atoms with Crippen molar-refractivity contribution in [3.05, 3.63) is 54.1 Å². The highest BCUT2D eigenvalue weighted by atomic mass is 79.9. The lowest BCUT2D eigenvalue weighted by Crippen LogP contribution is -2.01. The number of halogens is 3. The van der Waals surface area contributed by atoms with Crippen LogP contribution >= 0.6 is 54.8 Å². The van der Waals surface area contributed by atoms with Crippen LogP contribution in [0.1, 0.15) is 16.5 Å². The number of hydrogen-bond acceptors (Lipinski definition) is 2. The van der Waals surface area contributed by atoms with Crippen molar-refractivity contribution in [2.24, 2.45) is 0 Å². The van der Waals surface area contributed by atoms with Gasteiger partial charge in [0.25, 0.3) is 0 Å². The lowest BCUT2D eigenvalue weighted by Gasteiger charge is -2.12. The molecule has 0 aliphatic heterocycles. The Hall–Kier alpha value is 0.130. The summed E-state index contributed by atoms with van der Waals surface area (Å²) in [4.78, 5) is 1.14. The topological polar surface area (TPSA) is 20.2 Å². The van der Waals surface area contributed by atoms with E-state index in [-0.39, 0.29) is 0 Å². The van der Waals surface area contributed by atoms with Gasteiger partial charge in [-0.15, -0.1) is 11.3 Å². The van der Waals surface area contributed by atoms with Gasteiger partial charge < -0.3 is 5.11 Å². The number of benzene rings is 1. The minimum absolute atomic E-state index is 0.548. The summed E-state index contributed by atoms with van der Waals surface area (Å²) in [6, 6.07) is 9.43. The molecule has 2 aromatic rings. The number of rotatable bonds is 3. The molecule has 0 radical (unpaired) electrons. The predicted molar refractivity (Wildman–Crippen MR) is 79.8 cm³/mol. The molecule has 0 spiro atoms. The molecule has 5 heteroatoms. The lowest BCUT2D eigenvalue weighted by molar-refractivity contribution is 0.178. The van der Waals surface area contributed by atoms with Crippen molar-refractivity contribution in [2.75, 3.05) is 0 Å². The second-order valence-corrected chi connectivity index (χ2v) is 7.43. The van der Waals surface area contributed by atoms with E-state index in [0.717, 1.165) is 18.7 Å². The Balaban J connectivity index is 2.19. The Kier molecular flexibility index (Phi) is 4.66. The molecule has 0 saturated carbocycles. The average Bonchev–Trinajstić information content (AvgIpc) is 2.67. The van der Waals surface area contributed by atoms with Crippen molar-refractivity contribution < 1.29 is 5.11 Å². The SMILES string of the molecule is OC(Cc1ccc(Br)s1)c1cc(Cl)ccc1Br. The van der Waals surface area contributed by atoms with E-state index in [2.05, 4.69) is 31.9 Å². The van der Waals surface area contributed by atoms with Crippen molar-refractivity contribution in [3.8, 4) is 0 Å². The lowest BCUT2D eigenvalue weighted by atomic mass is 10.1. The molecule has 0 fully saturated rings. The fourth-order valence-corrected chi connectivity index (χ4v) is 3.74. The molecule has 1 aromatic carbocycles. The van der Waals surface area contributed by atoms with Gasteiger partial charge in [-0.2, -0.15) is 0 Å². The third-order valence-electron chi connectivity index (χ3n) is 2.34. The van der Waals surface area contributed by atoms with Gasteiger partial charge in [0.1, 0.15) is 0 Å². The summed E-state index contributed by atoms with van der Waals surface area (Å²) in [5.74, 6) is 0. The molecular weight excluding hydrogens is 387 g/mol. The first-order valence-corrected chi connectivity index (χ1v) is 7.71. The van der Waals surface area contributed by atoms with Crippen LogP contribution in [0, 0.1) is 0 Å². The zero-order valence-corrected chi connectivity index (χ0v) is 13.4. The molecule has 0 bridgehead atoms. The van der Waals surface area contributed by atoms with Crippen molar-refractivity contribution in [3.63, 3.8) is 0 Å². The van der Waals surface area contributed by atoms with Crippen LogP contribution < -0.4 is 0 Å². The second-order valence-electron chi connectivity index (χ2n) is 3.59. The van der Waals surface area contributed by atoms with Crippen molar-refractivity contribution in [1.29, 1.82) is 0 Å². The van der Waals surface area contributed by atoms with Gasteiger partial charge in [-0.1, -0.05) is 27.5 Å². The van der Waals surface area contributed by atoms with Crippen LogP contribution in [-0.2, 0) is 6.42 Å². The van der Waals surface area contributed by atoms with Gasteiger partial charge in [-0.25, -0.2) is 0 Å². The molecule has 1 atom stereocenters. The van der Waals surface area contributed by atoms with E-state index in [1.807, 2.05) is 18.2 Å². The molecule has 0 aliphatic rings. The zero-order valence-electron chi connectivity index (χ0n) is 8.66. The minimum atomic E-state index is -0.548. The van der Waals surface area contributed by atoms with E-state index in [4.69, 9.17) is 11.6 Å². The summed E-state index contributed by atoms with van der Waals surface area (Å²) in [6.45, 7) is 0. The molecule has 90 valence electrons. The molecule has 1 nitrogen and oxygen atoms in total. The highest BCUT2D eigenvalue weighted by Gasteiger charge is 2.13. The molecule has 2 rings (SSSR count). The Morgan fingerprint density at radius 1 is 1.24 bits per heavy atom. The maximum atomic E-state index is 10.2. The van der Waals surface area contributed by atoms with Crippen molar-refractivity contribution >= 4 is 54.8 Å². The fraction of sp³-hybridized carbons (Fsp3) is 0.167. The first-order chi connectivity index (χ1) is 8.06. The van der Waals surface area contributed by atoms with Crippen LogP contribution in [0.3, 0.4) is 0 Å². The Labute approximate surface area is 126 Å². The van der Waals surface area contributed by atoms with E-state index in [1.54, 1.807) is 23.5 Å². The van der Waals surface area contributed by atoms with Crippen molar-refractivity contribution in [2.45, 2.75) is 12.5 Å². The molecule has 0 saturated heterocycles. The maximum Gasteiger partial charge on any atom is 0.0849 e. The van der Waals surface area contributed by atoms with Gasteiger partial charge in [0.2, 0.25) is 0 Å². The number of aliphatic hydroxyl groups excluding tert-OH is 1. The summed E-state index contributed by atoms with van der Waals surface area (Å²) in [5, 5.41) is 10.8. The van der Waals surface area contributed by atoms with Crippen LogP contribution in [0.5, 0.6) is 0 Å². The first kappa shape index (κ1) is 13.6. The van der Waals surface area contributed by atoms with E-state index >= 15 is 0 Å². The molecule has 1 heterocycles. The number of aliphatic hydroxyl groups is 1. The van der Waals surface area contributed by atoms with E-state index in [1.165, 1.54) is 0 Å². The van der Waals surface area contributed by atoms with Crippen LogP contribution in [0.4, 0.5) is 0 Å². The molecule has 0 amide bonds. The maximum absolute atomic E-state index is 10.2. The van der Waals surface area contributed by atoms with E-state index < -0.39 is 6.10 Å². The number of hydrogen-bond donors (Lipinski definition) is 1. The van der Waals surface area contributed by atoms with Gasteiger partial charge in [0.15, 0.2) is 0 Å². The molecular formula is C12H9Br2ClOS. The minimum Gasteiger partial charge on any atom is -0.388 e.